The fourth-order valence-electron chi connectivity index (χ4n) is 2.20. The van der Waals surface area contributed by atoms with Crippen LogP contribution >= 0.6 is 0 Å². The summed E-state index contributed by atoms with van der Waals surface area (Å²) in [6.45, 7) is 10.7. The van der Waals surface area contributed by atoms with Crippen LogP contribution in [-0.2, 0) is 9.59 Å². The Bertz CT molecular complexity index is 321. The molecule has 23 heavy (non-hydrogen) atoms. The molecule has 0 aromatic carbocycles. The largest absolute Gasteiger partial charge is 0.480 e. The van der Waals surface area contributed by atoms with Crippen LogP contribution in [0.1, 0.15) is 20.8 Å². The standard InChI is InChI=1S/C12H23N3O4.C3H8O/c1-2-13-3-5-14(9-11(16)17)7-8-15(6-4-13)10-12(18)19;1-3(2)4/h2-10H2,1H3,(H,16,17)(H,18,19);3-4H,1-2H3. The Labute approximate surface area is 138 Å². The number of carboxylic acids is 2. The molecule has 0 saturated carbocycles. The molecule has 3 N–H and O–H groups in total. The Morgan fingerprint density at radius 3 is 1.30 bits per heavy atom. The molecule has 1 fully saturated rings. The summed E-state index contributed by atoms with van der Waals surface area (Å²) in [6, 6.07) is 0. The molecule has 8 heteroatoms. The van der Waals surface area contributed by atoms with Crippen LogP contribution in [0.15, 0.2) is 0 Å². The monoisotopic (exact) mass is 333 g/mol. The summed E-state index contributed by atoms with van der Waals surface area (Å²) in [6.07, 6.45) is -0.167. The van der Waals surface area contributed by atoms with Gasteiger partial charge in [0, 0.05) is 45.4 Å². The maximum atomic E-state index is 10.8. The SMILES string of the molecule is CC(C)O.CCN1CCN(CC(=O)O)CCN(CC(=O)O)CC1. The summed E-state index contributed by atoms with van der Waals surface area (Å²) in [7, 11) is 0. The van der Waals surface area contributed by atoms with Crippen LogP contribution < -0.4 is 0 Å². The third-order valence-corrected chi connectivity index (χ3v) is 3.36. The lowest BCUT2D eigenvalue weighted by Crippen LogP contribution is -2.40. The Balaban J connectivity index is 0.00000108. The van der Waals surface area contributed by atoms with Crippen molar-refractivity contribution in [3.63, 3.8) is 0 Å². The van der Waals surface area contributed by atoms with E-state index in [9.17, 15) is 9.59 Å². The van der Waals surface area contributed by atoms with Crippen molar-refractivity contribution in [2.24, 2.45) is 0 Å². The molecule has 1 saturated heterocycles. The van der Waals surface area contributed by atoms with Gasteiger partial charge in [-0.25, -0.2) is 0 Å². The first-order valence-corrected chi connectivity index (χ1v) is 8.03. The number of nitrogens with zero attached hydrogens (tertiary/aromatic N) is 3. The van der Waals surface area contributed by atoms with Crippen molar-refractivity contribution < 1.29 is 24.9 Å². The molecular weight excluding hydrogens is 302 g/mol. The fourth-order valence-corrected chi connectivity index (χ4v) is 2.20. The molecule has 1 rings (SSSR count). The molecule has 0 aliphatic carbocycles. The third kappa shape index (κ3) is 13.0. The van der Waals surface area contributed by atoms with E-state index in [1.54, 1.807) is 13.8 Å². The number of rotatable bonds is 5. The summed E-state index contributed by atoms with van der Waals surface area (Å²) in [4.78, 5) is 27.5. The van der Waals surface area contributed by atoms with E-state index in [4.69, 9.17) is 15.3 Å². The van der Waals surface area contributed by atoms with Crippen molar-refractivity contribution in [1.29, 1.82) is 0 Å². The Hall–Kier alpha value is -1.22. The first-order chi connectivity index (χ1) is 10.7. The molecule has 0 aromatic heterocycles. The van der Waals surface area contributed by atoms with E-state index < -0.39 is 11.9 Å². The number of hydrogen-bond acceptors (Lipinski definition) is 6. The smallest absolute Gasteiger partial charge is 0.317 e. The van der Waals surface area contributed by atoms with Gasteiger partial charge in [0.1, 0.15) is 0 Å². The van der Waals surface area contributed by atoms with Crippen molar-refractivity contribution in [3.05, 3.63) is 0 Å². The van der Waals surface area contributed by atoms with Crippen LogP contribution in [0.25, 0.3) is 0 Å². The van der Waals surface area contributed by atoms with Gasteiger partial charge in [-0.1, -0.05) is 6.92 Å². The summed E-state index contributed by atoms with van der Waals surface area (Å²) in [5.41, 5.74) is 0. The molecule has 0 unspecified atom stereocenters. The molecule has 8 nitrogen and oxygen atoms in total. The second-order valence-corrected chi connectivity index (χ2v) is 5.87. The summed E-state index contributed by atoms with van der Waals surface area (Å²) in [5.74, 6) is -1.68. The molecule has 0 radical (unpaired) electrons. The molecule has 0 amide bonds. The molecule has 1 aliphatic rings. The van der Waals surface area contributed by atoms with E-state index in [1.807, 2.05) is 9.80 Å². The molecule has 0 bridgehead atoms. The van der Waals surface area contributed by atoms with Crippen LogP contribution in [-0.4, -0.2) is 107 Å². The Kier molecular flexibility index (Phi) is 11.6. The predicted molar refractivity (Wildman–Crippen MR) is 87.6 cm³/mol. The minimum absolute atomic E-state index is 0.0124. The maximum Gasteiger partial charge on any atom is 0.317 e. The lowest BCUT2D eigenvalue weighted by molar-refractivity contribution is -0.140. The zero-order valence-electron chi connectivity index (χ0n) is 14.4. The van der Waals surface area contributed by atoms with E-state index in [0.29, 0.717) is 26.2 Å². The van der Waals surface area contributed by atoms with Crippen LogP contribution in [0.5, 0.6) is 0 Å². The van der Waals surface area contributed by atoms with Gasteiger partial charge in [-0.2, -0.15) is 0 Å². The number of likely N-dealkylation sites (N-methyl/N-ethyl adjacent to an activating group) is 1. The minimum Gasteiger partial charge on any atom is -0.480 e. The van der Waals surface area contributed by atoms with E-state index in [1.165, 1.54) is 0 Å². The van der Waals surface area contributed by atoms with Crippen LogP contribution in [0.4, 0.5) is 0 Å². The second-order valence-electron chi connectivity index (χ2n) is 5.87. The normalized spacial score (nSPS) is 18.5. The van der Waals surface area contributed by atoms with Crippen molar-refractivity contribution in [2.45, 2.75) is 26.9 Å². The maximum absolute atomic E-state index is 10.8. The zero-order valence-corrected chi connectivity index (χ0v) is 14.4. The van der Waals surface area contributed by atoms with Gasteiger partial charge in [0.2, 0.25) is 0 Å². The van der Waals surface area contributed by atoms with Crippen molar-refractivity contribution in [1.82, 2.24) is 14.7 Å². The van der Waals surface area contributed by atoms with Gasteiger partial charge in [0.15, 0.2) is 0 Å². The van der Waals surface area contributed by atoms with Crippen molar-refractivity contribution in [2.75, 3.05) is 58.9 Å². The number of carbonyl (C=O) groups is 2. The highest BCUT2D eigenvalue weighted by Crippen LogP contribution is 2.00. The molecule has 1 heterocycles. The number of carboxylic acid groups (broad SMARTS) is 2. The Morgan fingerprint density at radius 1 is 0.826 bits per heavy atom. The highest BCUT2D eigenvalue weighted by atomic mass is 16.4. The summed E-state index contributed by atoms with van der Waals surface area (Å²) in [5, 5.41) is 25.8. The van der Waals surface area contributed by atoms with Gasteiger partial charge in [-0.15, -0.1) is 0 Å². The highest BCUT2D eigenvalue weighted by molar-refractivity contribution is 5.69. The summed E-state index contributed by atoms with van der Waals surface area (Å²) >= 11 is 0. The average Bonchev–Trinajstić information content (AvgIpc) is 2.49. The first-order valence-electron chi connectivity index (χ1n) is 8.03. The first kappa shape index (κ1) is 21.8. The number of aliphatic hydroxyl groups is 1. The number of hydrogen-bond donors (Lipinski definition) is 3. The molecule has 0 atom stereocenters. The number of aliphatic hydroxyl groups excluding tert-OH is 1. The second kappa shape index (κ2) is 12.2. The Morgan fingerprint density at radius 2 is 1.09 bits per heavy atom. The van der Waals surface area contributed by atoms with Gasteiger partial charge in [0.25, 0.3) is 0 Å². The molecular formula is C15H31N3O5. The van der Waals surface area contributed by atoms with E-state index in [2.05, 4.69) is 11.8 Å². The summed E-state index contributed by atoms with van der Waals surface area (Å²) < 4.78 is 0. The van der Waals surface area contributed by atoms with Crippen molar-refractivity contribution in [3.8, 4) is 0 Å². The van der Waals surface area contributed by atoms with Gasteiger partial charge in [0.05, 0.1) is 13.1 Å². The van der Waals surface area contributed by atoms with Crippen LogP contribution in [0.3, 0.4) is 0 Å². The average molecular weight is 333 g/mol. The number of aliphatic carboxylic acids is 2. The van der Waals surface area contributed by atoms with Gasteiger partial charge < -0.3 is 20.2 Å². The fraction of sp³-hybridized carbons (Fsp3) is 0.867. The lowest BCUT2D eigenvalue weighted by atomic mass is 10.4. The molecule has 1 aliphatic heterocycles. The lowest BCUT2D eigenvalue weighted by Gasteiger charge is -2.23. The van der Waals surface area contributed by atoms with Gasteiger partial charge in [-0.05, 0) is 20.4 Å². The van der Waals surface area contributed by atoms with Crippen LogP contribution in [0, 0.1) is 0 Å². The van der Waals surface area contributed by atoms with Gasteiger partial charge >= 0.3 is 11.9 Å². The van der Waals surface area contributed by atoms with E-state index in [-0.39, 0.29) is 19.2 Å². The minimum atomic E-state index is -0.841. The quantitative estimate of drug-likeness (QED) is 0.617. The molecule has 0 aromatic rings. The molecule has 0 spiro atoms. The van der Waals surface area contributed by atoms with Crippen molar-refractivity contribution >= 4 is 11.9 Å². The van der Waals surface area contributed by atoms with E-state index >= 15 is 0 Å². The zero-order chi connectivity index (χ0) is 17.8. The third-order valence-electron chi connectivity index (χ3n) is 3.36. The topological polar surface area (TPSA) is 105 Å². The van der Waals surface area contributed by atoms with Crippen LogP contribution in [0.2, 0.25) is 0 Å². The predicted octanol–water partition coefficient (Wildman–Crippen LogP) is -0.518. The van der Waals surface area contributed by atoms with E-state index in [0.717, 1.165) is 19.6 Å². The van der Waals surface area contributed by atoms with Gasteiger partial charge in [-0.3, -0.25) is 19.4 Å². The molecule has 136 valence electrons. The highest BCUT2D eigenvalue weighted by Gasteiger charge is 2.18.